The number of hydrogen-bond donors (Lipinski definition) is 0. The Morgan fingerprint density at radius 3 is 2.36 bits per heavy atom. The first-order valence-electron chi connectivity index (χ1n) is 4.09. The van der Waals surface area contributed by atoms with Crippen LogP contribution in [0.2, 0.25) is 0 Å². The number of nitrogens with zero attached hydrogens (tertiary/aromatic N) is 1. The van der Waals surface area contributed by atoms with E-state index in [0.29, 0.717) is 5.57 Å². The van der Waals surface area contributed by atoms with Gasteiger partial charge >= 0.3 is 0 Å². The van der Waals surface area contributed by atoms with Gasteiger partial charge in [0.05, 0.1) is 0 Å². The molecular weight excluding hydrogens is 138 g/mol. The molecule has 0 N–H and O–H groups in total. The topological polar surface area (TPSA) is 20.3 Å². The van der Waals surface area contributed by atoms with Crippen molar-refractivity contribution in [2.24, 2.45) is 0 Å². The highest BCUT2D eigenvalue weighted by molar-refractivity contribution is 5.71. The summed E-state index contributed by atoms with van der Waals surface area (Å²) >= 11 is 0. The molecule has 0 unspecified atom stereocenters. The standard InChI is InChI=1S/C9H17NO/c1-4-10(5-2)7-6-9(3)8-11/h8H,3-7H2,1-2H3. The Kier molecular flexibility index (Phi) is 5.75. The molecule has 0 aliphatic rings. The Hall–Kier alpha value is -0.630. The Labute approximate surface area is 68.9 Å². The Balaban J connectivity index is 3.49. The quantitative estimate of drug-likeness (QED) is 0.427. The Morgan fingerprint density at radius 2 is 2.00 bits per heavy atom. The highest BCUT2D eigenvalue weighted by Gasteiger charge is 1.98. The number of aldehydes is 1. The first kappa shape index (κ1) is 10.4. The molecule has 11 heavy (non-hydrogen) atoms. The van der Waals surface area contributed by atoms with Crippen LogP contribution in [-0.2, 0) is 4.79 Å². The smallest absolute Gasteiger partial charge is 0.145 e. The van der Waals surface area contributed by atoms with E-state index in [-0.39, 0.29) is 0 Å². The molecule has 0 saturated carbocycles. The molecule has 0 atom stereocenters. The van der Waals surface area contributed by atoms with Gasteiger partial charge in [0.15, 0.2) is 0 Å². The second-order valence-corrected chi connectivity index (χ2v) is 2.55. The van der Waals surface area contributed by atoms with Crippen molar-refractivity contribution in [1.82, 2.24) is 4.90 Å². The maximum absolute atomic E-state index is 10.2. The average Bonchev–Trinajstić information content (AvgIpc) is 2.06. The van der Waals surface area contributed by atoms with Crippen LogP contribution in [0.3, 0.4) is 0 Å². The van der Waals surface area contributed by atoms with Crippen LogP contribution in [-0.4, -0.2) is 30.8 Å². The summed E-state index contributed by atoms with van der Waals surface area (Å²) in [6, 6.07) is 0. The predicted octanol–water partition coefficient (Wildman–Crippen LogP) is 1.47. The van der Waals surface area contributed by atoms with E-state index in [1.54, 1.807) is 0 Å². The molecule has 0 aliphatic heterocycles. The van der Waals surface area contributed by atoms with Gasteiger partial charge in [0.25, 0.3) is 0 Å². The van der Waals surface area contributed by atoms with E-state index in [9.17, 15) is 4.79 Å². The molecule has 0 saturated heterocycles. The van der Waals surface area contributed by atoms with Gasteiger partial charge in [-0.05, 0) is 25.1 Å². The summed E-state index contributed by atoms with van der Waals surface area (Å²) in [4.78, 5) is 12.4. The van der Waals surface area contributed by atoms with E-state index < -0.39 is 0 Å². The second-order valence-electron chi connectivity index (χ2n) is 2.55. The summed E-state index contributed by atoms with van der Waals surface area (Å²) in [5.74, 6) is 0. The first-order chi connectivity index (χ1) is 5.24. The van der Waals surface area contributed by atoms with Crippen LogP contribution in [0.25, 0.3) is 0 Å². The van der Waals surface area contributed by atoms with Crippen molar-refractivity contribution in [3.63, 3.8) is 0 Å². The molecule has 0 heterocycles. The third kappa shape index (κ3) is 4.73. The molecule has 0 aromatic carbocycles. The minimum Gasteiger partial charge on any atom is -0.304 e. The molecule has 0 bridgehead atoms. The molecule has 0 spiro atoms. The van der Waals surface area contributed by atoms with E-state index in [0.717, 1.165) is 32.3 Å². The lowest BCUT2D eigenvalue weighted by Crippen LogP contribution is -2.24. The van der Waals surface area contributed by atoms with Gasteiger partial charge in [-0.2, -0.15) is 0 Å². The van der Waals surface area contributed by atoms with Crippen LogP contribution < -0.4 is 0 Å². The maximum atomic E-state index is 10.2. The van der Waals surface area contributed by atoms with E-state index >= 15 is 0 Å². The zero-order valence-electron chi connectivity index (χ0n) is 7.47. The summed E-state index contributed by atoms with van der Waals surface area (Å²) in [6.45, 7) is 10.9. The third-order valence-electron chi connectivity index (χ3n) is 1.81. The van der Waals surface area contributed by atoms with Crippen molar-refractivity contribution in [1.29, 1.82) is 0 Å². The lowest BCUT2D eigenvalue weighted by molar-refractivity contribution is -0.105. The molecule has 0 radical (unpaired) electrons. The van der Waals surface area contributed by atoms with Gasteiger partial charge in [-0.1, -0.05) is 20.4 Å². The molecule has 64 valence electrons. The van der Waals surface area contributed by atoms with Gasteiger partial charge in [0.1, 0.15) is 6.29 Å². The maximum Gasteiger partial charge on any atom is 0.145 e. The van der Waals surface area contributed by atoms with E-state index in [4.69, 9.17) is 0 Å². The van der Waals surface area contributed by atoms with Crippen LogP contribution in [0, 0.1) is 0 Å². The molecule has 2 nitrogen and oxygen atoms in total. The molecule has 0 amide bonds. The highest BCUT2D eigenvalue weighted by atomic mass is 16.1. The van der Waals surface area contributed by atoms with Crippen molar-refractivity contribution < 1.29 is 4.79 Å². The second kappa shape index (κ2) is 6.10. The Bertz CT molecular complexity index is 128. The molecule has 0 fully saturated rings. The fourth-order valence-electron chi connectivity index (χ4n) is 0.900. The SMILES string of the molecule is C=C(C=O)CCN(CC)CC. The van der Waals surface area contributed by atoms with Gasteiger partial charge in [-0.3, -0.25) is 4.79 Å². The fourth-order valence-corrected chi connectivity index (χ4v) is 0.900. The molecule has 0 rings (SSSR count). The van der Waals surface area contributed by atoms with Gasteiger partial charge in [-0.15, -0.1) is 0 Å². The zero-order valence-corrected chi connectivity index (χ0v) is 7.47. The van der Waals surface area contributed by atoms with Crippen LogP contribution in [0.4, 0.5) is 0 Å². The van der Waals surface area contributed by atoms with Gasteiger partial charge in [-0.25, -0.2) is 0 Å². The number of carbonyl (C=O) groups excluding carboxylic acids is 1. The normalized spacial score (nSPS) is 10.1. The predicted molar refractivity (Wildman–Crippen MR) is 47.6 cm³/mol. The van der Waals surface area contributed by atoms with Crippen LogP contribution in [0.1, 0.15) is 20.3 Å². The fraction of sp³-hybridized carbons (Fsp3) is 0.667. The molecule has 0 aliphatic carbocycles. The van der Waals surface area contributed by atoms with Crippen LogP contribution in [0.5, 0.6) is 0 Å². The van der Waals surface area contributed by atoms with Crippen molar-refractivity contribution in [2.45, 2.75) is 20.3 Å². The van der Waals surface area contributed by atoms with Crippen molar-refractivity contribution >= 4 is 6.29 Å². The zero-order chi connectivity index (χ0) is 8.69. The van der Waals surface area contributed by atoms with Crippen LogP contribution >= 0.6 is 0 Å². The Morgan fingerprint density at radius 1 is 1.45 bits per heavy atom. The molecule has 0 aromatic heterocycles. The highest BCUT2D eigenvalue weighted by Crippen LogP contribution is 1.96. The van der Waals surface area contributed by atoms with Gasteiger partial charge in [0, 0.05) is 6.54 Å². The van der Waals surface area contributed by atoms with Gasteiger partial charge in [0.2, 0.25) is 0 Å². The average molecular weight is 155 g/mol. The van der Waals surface area contributed by atoms with E-state index in [1.807, 2.05) is 0 Å². The monoisotopic (exact) mass is 155 g/mol. The number of hydrogen-bond acceptors (Lipinski definition) is 2. The van der Waals surface area contributed by atoms with Crippen molar-refractivity contribution in [3.8, 4) is 0 Å². The summed E-state index contributed by atoms with van der Waals surface area (Å²) in [7, 11) is 0. The first-order valence-corrected chi connectivity index (χ1v) is 4.09. The van der Waals surface area contributed by atoms with Crippen molar-refractivity contribution in [2.75, 3.05) is 19.6 Å². The summed E-state index contributed by atoms with van der Waals surface area (Å²) in [6.07, 6.45) is 1.63. The number of carbonyl (C=O) groups is 1. The van der Waals surface area contributed by atoms with Crippen molar-refractivity contribution in [3.05, 3.63) is 12.2 Å². The van der Waals surface area contributed by atoms with E-state index in [2.05, 4.69) is 25.3 Å². The molecule has 0 aromatic rings. The largest absolute Gasteiger partial charge is 0.304 e. The summed E-state index contributed by atoms with van der Waals surface area (Å²) < 4.78 is 0. The lowest BCUT2D eigenvalue weighted by atomic mass is 10.2. The minimum absolute atomic E-state index is 0.692. The third-order valence-corrected chi connectivity index (χ3v) is 1.81. The number of rotatable bonds is 6. The summed E-state index contributed by atoms with van der Waals surface area (Å²) in [5.41, 5.74) is 0.692. The van der Waals surface area contributed by atoms with E-state index in [1.165, 1.54) is 0 Å². The minimum atomic E-state index is 0.692. The van der Waals surface area contributed by atoms with Gasteiger partial charge < -0.3 is 4.90 Å². The summed E-state index contributed by atoms with van der Waals surface area (Å²) in [5, 5.41) is 0. The van der Waals surface area contributed by atoms with Crippen LogP contribution in [0.15, 0.2) is 12.2 Å². The lowest BCUT2D eigenvalue weighted by Gasteiger charge is -2.16. The molecular formula is C9H17NO. The molecule has 2 heteroatoms.